The van der Waals surface area contributed by atoms with Gasteiger partial charge in [-0.2, -0.15) is 0 Å². The van der Waals surface area contributed by atoms with Gasteiger partial charge in [0.05, 0.1) is 5.69 Å². The molecule has 4 nitrogen and oxygen atoms in total. The van der Waals surface area contributed by atoms with Gasteiger partial charge in [0.15, 0.2) is 0 Å². The Morgan fingerprint density at radius 2 is 2.05 bits per heavy atom. The van der Waals surface area contributed by atoms with E-state index in [9.17, 15) is 0 Å². The molecule has 1 aromatic heterocycles. The van der Waals surface area contributed by atoms with E-state index in [4.69, 9.17) is 5.73 Å². The van der Waals surface area contributed by atoms with Crippen molar-refractivity contribution in [3.63, 3.8) is 0 Å². The second kappa shape index (κ2) is 5.36. The van der Waals surface area contributed by atoms with E-state index in [0.29, 0.717) is 12.5 Å². The van der Waals surface area contributed by atoms with Crippen LogP contribution in [0.2, 0.25) is 0 Å². The minimum Gasteiger partial charge on any atom is -0.340 e. The third-order valence-electron chi connectivity index (χ3n) is 3.65. The monoisotopic (exact) mass is 254 g/mol. The standard InChI is InChI=1S/C15H18N4/c16-10-14-6-8-17-15(18-14)19-9-7-13(11-19)12-4-2-1-3-5-12/h1-6,8,13H,7,9-11,16H2. The van der Waals surface area contributed by atoms with Gasteiger partial charge in [0.25, 0.3) is 0 Å². The average molecular weight is 254 g/mol. The van der Waals surface area contributed by atoms with Crippen molar-refractivity contribution in [2.75, 3.05) is 18.0 Å². The van der Waals surface area contributed by atoms with Gasteiger partial charge >= 0.3 is 0 Å². The van der Waals surface area contributed by atoms with Crippen LogP contribution in [0.3, 0.4) is 0 Å². The Kier molecular flexibility index (Phi) is 3.42. The molecule has 1 aliphatic heterocycles. The Morgan fingerprint density at radius 1 is 1.21 bits per heavy atom. The van der Waals surface area contributed by atoms with Gasteiger partial charge in [-0.1, -0.05) is 30.3 Å². The predicted octanol–water partition coefficient (Wildman–Crippen LogP) is 1.93. The summed E-state index contributed by atoms with van der Waals surface area (Å²) in [7, 11) is 0. The number of hydrogen-bond acceptors (Lipinski definition) is 4. The number of hydrogen-bond donors (Lipinski definition) is 1. The number of aromatic nitrogens is 2. The van der Waals surface area contributed by atoms with Crippen molar-refractivity contribution in [1.82, 2.24) is 9.97 Å². The summed E-state index contributed by atoms with van der Waals surface area (Å²) in [5.41, 5.74) is 7.93. The maximum absolute atomic E-state index is 5.63. The second-order valence-electron chi connectivity index (χ2n) is 4.89. The molecule has 3 rings (SSSR count). The van der Waals surface area contributed by atoms with Gasteiger partial charge in [-0.25, -0.2) is 9.97 Å². The highest BCUT2D eigenvalue weighted by Gasteiger charge is 2.25. The number of benzene rings is 1. The Morgan fingerprint density at radius 3 is 2.84 bits per heavy atom. The largest absolute Gasteiger partial charge is 0.340 e. The van der Waals surface area contributed by atoms with Gasteiger partial charge in [-0.05, 0) is 18.1 Å². The van der Waals surface area contributed by atoms with Crippen molar-refractivity contribution < 1.29 is 0 Å². The lowest BCUT2D eigenvalue weighted by atomic mass is 9.99. The first-order valence-corrected chi connectivity index (χ1v) is 6.68. The summed E-state index contributed by atoms with van der Waals surface area (Å²) in [6.45, 7) is 2.46. The second-order valence-corrected chi connectivity index (χ2v) is 4.89. The average Bonchev–Trinajstić information content (AvgIpc) is 2.98. The zero-order valence-electron chi connectivity index (χ0n) is 10.9. The quantitative estimate of drug-likeness (QED) is 0.909. The molecule has 2 N–H and O–H groups in total. The fourth-order valence-electron chi connectivity index (χ4n) is 2.59. The molecule has 1 saturated heterocycles. The molecule has 0 amide bonds. The molecule has 2 heterocycles. The Balaban J connectivity index is 1.75. The third kappa shape index (κ3) is 2.58. The van der Waals surface area contributed by atoms with Gasteiger partial charge in [0.1, 0.15) is 0 Å². The molecule has 1 atom stereocenters. The van der Waals surface area contributed by atoms with Crippen molar-refractivity contribution in [1.29, 1.82) is 0 Å². The van der Waals surface area contributed by atoms with Crippen LogP contribution in [0.5, 0.6) is 0 Å². The molecule has 1 aromatic carbocycles. The van der Waals surface area contributed by atoms with Crippen LogP contribution in [0.4, 0.5) is 5.95 Å². The maximum Gasteiger partial charge on any atom is 0.225 e. The molecule has 98 valence electrons. The summed E-state index contributed by atoms with van der Waals surface area (Å²) in [6.07, 6.45) is 2.95. The molecule has 1 fully saturated rings. The summed E-state index contributed by atoms with van der Waals surface area (Å²) in [5.74, 6) is 1.38. The van der Waals surface area contributed by atoms with Crippen LogP contribution >= 0.6 is 0 Å². The van der Waals surface area contributed by atoms with Crippen LogP contribution in [0.25, 0.3) is 0 Å². The first-order valence-electron chi connectivity index (χ1n) is 6.68. The van der Waals surface area contributed by atoms with E-state index in [0.717, 1.165) is 31.2 Å². The Bertz CT molecular complexity index is 541. The van der Waals surface area contributed by atoms with Crippen LogP contribution in [0.1, 0.15) is 23.6 Å². The molecule has 1 aliphatic rings. The van der Waals surface area contributed by atoms with Crippen LogP contribution in [-0.4, -0.2) is 23.1 Å². The van der Waals surface area contributed by atoms with Crippen molar-refractivity contribution in [3.8, 4) is 0 Å². The Labute approximate surface area is 113 Å². The van der Waals surface area contributed by atoms with Gasteiger partial charge in [0, 0.05) is 31.7 Å². The van der Waals surface area contributed by atoms with Crippen molar-refractivity contribution in [2.45, 2.75) is 18.9 Å². The van der Waals surface area contributed by atoms with Crippen LogP contribution in [-0.2, 0) is 6.54 Å². The highest BCUT2D eigenvalue weighted by molar-refractivity contribution is 5.35. The van der Waals surface area contributed by atoms with Gasteiger partial charge < -0.3 is 10.6 Å². The summed E-state index contributed by atoms with van der Waals surface area (Å²) in [5, 5.41) is 0. The van der Waals surface area contributed by atoms with Gasteiger partial charge in [-0.15, -0.1) is 0 Å². The molecular formula is C15H18N4. The molecule has 2 aromatic rings. The smallest absolute Gasteiger partial charge is 0.225 e. The van der Waals surface area contributed by atoms with E-state index < -0.39 is 0 Å². The van der Waals surface area contributed by atoms with E-state index in [-0.39, 0.29) is 0 Å². The first-order chi connectivity index (χ1) is 9.36. The zero-order chi connectivity index (χ0) is 13.1. The molecule has 0 bridgehead atoms. The summed E-state index contributed by atoms with van der Waals surface area (Å²) in [6, 6.07) is 12.5. The lowest BCUT2D eigenvalue weighted by Gasteiger charge is -2.16. The minimum atomic E-state index is 0.464. The van der Waals surface area contributed by atoms with Crippen molar-refractivity contribution in [2.24, 2.45) is 5.73 Å². The molecule has 0 saturated carbocycles. The van der Waals surface area contributed by atoms with Gasteiger partial charge in [-0.3, -0.25) is 0 Å². The number of rotatable bonds is 3. The molecular weight excluding hydrogens is 236 g/mol. The maximum atomic E-state index is 5.63. The topological polar surface area (TPSA) is 55.0 Å². The SMILES string of the molecule is NCc1ccnc(N2CCC(c3ccccc3)C2)n1. The molecule has 0 radical (unpaired) electrons. The summed E-state index contributed by atoms with van der Waals surface area (Å²) in [4.78, 5) is 11.1. The zero-order valence-corrected chi connectivity index (χ0v) is 10.9. The van der Waals surface area contributed by atoms with E-state index in [1.165, 1.54) is 5.56 Å². The first kappa shape index (κ1) is 12.1. The molecule has 0 spiro atoms. The van der Waals surface area contributed by atoms with Gasteiger partial charge in [0.2, 0.25) is 5.95 Å². The lowest BCUT2D eigenvalue weighted by molar-refractivity contribution is 0.772. The van der Waals surface area contributed by atoms with E-state index in [1.807, 2.05) is 6.07 Å². The normalized spacial score (nSPS) is 18.8. The van der Waals surface area contributed by atoms with Crippen molar-refractivity contribution in [3.05, 3.63) is 53.9 Å². The minimum absolute atomic E-state index is 0.464. The number of nitrogens with zero attached hydrogens (tertiary/aromatic N) is 3. The highest BCUT2D eigenvalue weighted by Crippen LogP contribution is 2.28. The fraction of sp³-hybridized carbons (Fsp3) is 0.333. The van der Waals surface area contributed by atoms with Crippen LogP contribution in [0.15, 0.2) is 42.6 Å². The van der Waals surface area contributed by atoms with E-state index >= 15 is 0 Å². The molecule has 4 heteroatoms. The predicted molar refractivity (Wildman–Crippen MR) is 75.9 cm³/mol. The lowest BCUT2D eigenvalue weighted by Crippen LogP contribution is -2.22. The number of nitrogens with two attached hydrogens (primary N) is 1. The Hall–Kier alpha value is -1.94. The molecule has 1 unspecified atom stereocenters. The summed E-state index contributed by atoms with van der Waals surface area (Å²) >= 11 is 0. The summed E-state index contributed by atoms with van der Waals surface area (Å²) < 4.78 is 0. The molecule has 19 heavy (non-hydrogen) atoms. The number of anilines is 1. The van der Waals surface area contributed by atoms with Crippen molar-refractivity contribution >= 4 is 5.95 Å². The van der Waals surface area contributed by atoms with Crippen LogP contribution in [0, 0.1) is 0 Å². The molecule has 0 aliphatic carbocycles. The van der Waals surface area contributed by atoms with Crippen LogP contribution < -0.4 is 10.6 Å². The van der Waals surface area contributed by atoms with E-state index in [1.54, 1.807) is 6.20 Å². The highest BCUT2D eigenvalue weighted by atomic mass is 15.3. The fourth-order valence-corrected chi connectivity index (χ4v) is 2.59. The van der Waals surface area contributed by atoms with E-state index in [2.05, 4.69) is 45.2 Å². The third-order valence-corrected chi connectivity index (χ3v) is 3.65.